The molecule has 1 aromatic rings. The van der Waals surface area contributed by atoms with Gasteiger partial charge >= 0.3 is 0 Å². The minimum Gasteiger partial charge on any atom is -0.374 e. The third-order valence-corrected chi connectivity index (χ3v) is 2.40. The summed E-state index contributed by atoms with van der Waals surface area (Å²) < 4.78 is 5.47. The molecule has 2 heterocycles. The van der Waals surface area contributed by atoms with Crippen molar-refractivity contribution in [2.24, 2.45) is 12.8 Å². The summed E-state index contributed by atoms with van der Waals surface area (Å²) in [5.74, 6) is 0.746. The van der Waals surface area contributed by atoms with E-state index in [1.807, 2.05) is 0 Å². The zero-order valence-corrected chi connectivity index (χ0v) is 8.83. The Hall–Kier alpha value is -1.05. The summed E-state index contributed by atoms with van der Waals surface area (Å²) in [5.41, 5.74) is 5.56. The minimum atomic E-state index is 0.135. The number of tetrazole rings is 1. The number of rotatable bonds is 3. The Kier molecular flexibility index (Phi) is 3.24. The van der Waals surface area contributed by atoms with Crippen molar-refractivity contribution in [3.63, 3.8) is 0 Å². The Morgan fingerprint density at radius 3 is 3.13 bits per heavy atom. The minimum absolute atomic E-state index is 0.135. The second-order valence-electron chi connectivity index (χ2n) is 3.66. The zero-order chi connectivity index (χ0) is 10.7. The number of hydrogen-bond donors (Lipinski definition) is 1. The zero-order valence-electron chi connectivity index (χ0n) is 8.83. The van der Waals surface area contributed by atoms with Crippen LogP contribution in [-0.2, 0) is 18.3 Å². The van der Waals surface area contributed by atoms with Gasteiger partial charge in [-0.15, -0.1) is 10.2 Å². The van der Waals surface area contributed by atoms with Crippen molar-refractivity contribution in [3.05, 3.63) is 5.82 Å². The standard InChI is InChI=1S/C8H16N6O/c1-13-11-8(10-12-13)6-14-2-3-15-7(4-9)5-14/h7H,2-6,9H2,1H3. The highest BCUT2D eigenvalue weighted by atomic mass is 16.5. The van der Waals surface area contributed by atoms with Crippen molar-refractivity contribution >= 4 is 0 Å². The lowest BCUT2D eigenvalue weighted by Crippen LogP contribution is -2.45. The smallest absolute Gasteiger partial charge is 0.188 e. The average molecular weight is 212 g/mol. The summed E-state index contributed by atoms with van der Waals surface area (Å²) in [6.45, 7) is 3.74. The Morgan fingerprint density at radius 2 is 2.47 bits per heavy atom. The molecule has 84 valence electrons. The highest BCUT2D eigenvalue weighted by molar-refractivity contribution is 4.80. The van der Waals surface area contributed by atoms with Gasteiger partial charge in [0.15, 0.2) is 5.82 Å². The molecule has 0 spiro atoms. The summed E-state index contributed by atoms with van der Waals surface area (Å²) in [6, 6.07) is 0. The van der Waals surface area contributed by atoms with E-state index < -0.39 is 0 Å². The van der Waals surface area contributed by atoms with Crippen molar-refractivity contribution in [1.82, 2.24) is 25.1 Å². The van der Waals surface area contributed by atoms with Crippen LogP contribution in [0, 0.1) is 0 Å². The van der Waals surface area contributed by atoms with Gasteiger partial charge in [0.2, 0.25) is 0 Å². The van der Waals surface area contributed by atoms with Gasteiger partial charge in [-0.1, -0.05) is 0 Å². The molecule has 2 rings (SSSR count). The fourth-order valence-electron chi connectivity index (χ4n) is 1.65. The molecule has 1 fully saturated rings. The number of morpholine rings is 1. The highest BCUT2D eigenvalue weighted by Gasteiger charge is 2.20. The van der Waals surface area contributed by atoms with Crippen LogP contribution in [0.1, 0.15) is 5.82 Å². The molecule has 0 aromatic carbocycles. The first-order chi connectivity index (χ1) is 7.28. The summed E-state index contributed by atoms with van der Waals surface area (Å²) >= 11 is 0. The quantitative estimate of drug-likeness (QED) is 0.648. The molecule has 1 aliphatic heterocycles. The predicted molar refractivity (Wildman–Crippen MR) is 52.9 cm³/mol. The van der Waals surface area contributed by atoms with Crippen molar-refractivity contribution in [2.75, 3.05) is 26.2 Å². The van der Waals surface area contributed by atoms with Crippen LogP contribution in [0.25, 0.3) is 0 Å². The molecule has 0 amide bonds. The Balaban J connectivity index is 1.88. The van der Waals surface area contributed by atoms with Gasteiger partial charge in [0.25, 0.3) is 0 Å². The number of aromatic nitrogens is 4. The van der Waals surface area contributed by atoms with Crippen LogP contribution in [0.2, 0.25) is 0 Å². The number of nitrogens with two attached hydrogens (primary N) is 1. The van der Waals surface area contributed by atoms with Gasteiger partial charge in [0.05, 0.1) is 26.3 Å². The monoisotopic (exact) mass is 212 g/mol. The van der Waals surface area contributed by atoms with Crippen molar-refractivity contribution in [3.8, 4) is 0 Å². The lowest BCUT2D eigenvalue weighted by atomic mass is 10.2. The molecule has 7 heteroatoms. The van der Waals surface area contributed by atoms with Gasteiger partial charge < -0.3 is 10.5 Å². The van der Waals surface area contributed by atoms with Gasteiger partial charge in [0, 0.05) is 19.6 Å². The van der Waals surface area contributed by atoms with Crippen LogP contribution in [0.15, 0.2) is 0 Å². The van der Waals surface area contributed by atoms with E-state index in [0.717, 1.165) is 25.5 Å². The van der Waals surface area contributed by atoms with E-state index in [2.05, 4.69) is 20.3 Å². The molecule has 1 atom stereocenters. The van der Waals surface area contributed by atoms with E-state index in [0.29, 0.717) is 13.1 Å². The molecule has 15 heavy (non-hydrogen) atoms. The maximum atomic E-state index is 5.56. The van der Waals surface area contributed by atoms with Gasteiger partial charge in [-0.3, -0.25) is 4.90 Å². The van der Waals surface area contributed by atoms with Crippen molar-refractivity contribution in [2.45, 2.75) is 12.6 Å². The number of ether oxygens (including phenoxy) is 1. The fraction of sp³-hybridized carbons (Fsp3) is 0.875. The Morgan fingerprint density at radius 1 is 1.60 bits per heavy atom. The van der Waals surface area contributed by atoms with Gasteiger partial charge in [-0.05, 0) is 5.21 Å². The molecule has 1 saturated heterocycles. The molecule has 7 nitrogen and oxygen atoms in total. The van der Waals surface area contributed by atoms with Crippen LogP contribution in [0.5, 0.6) is 0 Å². The predicted octanol–water partition coefficient (Wildman–Crippen LogP) is -1.63. The van der Waals surface area contributed by atoms with Crippen LogP contribution >= 0.6 is 0 Å². The van der Waals surface area contributed by atoms with E-state index in [1.54, 1.807) is 7.05 Å². The number of nitrogens with zero attached hydrogens (tertiary/aromatic N) is 5. The van der Waals surface area contributed by atoms with E-state index in [-0.39, 0.29) is 6.10 Å². The van der Waals surface area contributed by atoms with E-state index in [9.17, 15) is 0 Å². The largest absolute Gasteiger partial charge is 0.374 e. The molecule has 2 N–H and O–H groups in total. The molecule has 1 aromatic heterocycles. The normalized spacial score (nSPS) is 23.2. The third-order valence-electron chi connectivity index (χ3n) is 2.40. The van der Waals surface area contributed by atoms with Crippen molar-refractivity contribution < 1.29 is 4.74 Å². The summed E-state index contributed by atoms with van der Waals surface area (Å²) in [5, 5.41) is 11.9. The average Bonchev–Trinajstić information content (AvgIpc) is 2.64. The summed E-state index contributed by atoms with van der Waals surface area (Å²) in [7, 11) is 1.76. The fourth-order valence-corrected chi connectivity index (χ4v) is 1.65. The second kappa shape index (κ2) is 4.65. The van der Waals surface area contributed by atoms with Crippen LogP contribution in [0.3, 0.4) is 0 Å². The number of hydrogen-bond acceptors (Lipinski definition) is 6. The molecular weight excluding hydrogens is 196 g/mol. The van der Waals surface area contributed by atoms with Crippen LogP contribution in [0.4, 0.5) is 0 Å². The molecule has 1 unspecified atom stereocenters. The first-order valence-corrected chi connectivity index (χ1v) is 5.05. The highest BCUT2D eigenvalue weighted by Crippen LogP contribution is 2.06. The molecular formula is C8H16N6O. The third kappa shape index (κ3) is 2.71. The first kappa shape index (κ1) is 10.5. The maximum Gasteiger partial charge on any atom is 0.188 e. The molecule has 1 aliphatic rings. The number of aryl methyl sites for hydroxylation is 1. The first-order valence-electron chi connectivity index (χ1n) is 5.05. The second-order valence-corrected chi connectivity index (χ2v) is 3.66. The van der Waals surface area contributed by atoms with Gasteiger partial charge in [0.1, 0.15) is 0 Å². The molecule has 0 bridgehead atoms. The topological polar surface area (TPSA) is 82.1 Å². The van der Waals surface area contributed by atoms with Crippen LogP contribution in [-0.4, -0.2) is 57.5 Å². The lowest BCUT2D eigenvalue weighted by Gasteiger charge is -2.31. The molecule has 0 saturated carbocycles. The SMILES string of the molecule is Cn1nnc(CN2CCOC(CN)C2)n1. The van der Waals surface area contributed by atoms with Gasteiger partial charge in [-0.2, -0.15) is 4.80 Å². The van der Waals surface area contributed by atoms with E-state index in [1.165, 1.54) is 4.80 Å². The lowest BCUT2D eigenvalue weighted by molar-refractivity contribution is -0.0268. The van der Waals surface area contributed by atoms with Crippen molar-refractivity contribution in [1.29, 1.82) is 0 Å². The van der Waals surface area contributed by atoms with E-state index in [4.69, 9.17) is 10.5 Å². The molecule has 0 radical (unpaired) electrons. The summed E-state index contributed by atoms with van der Waals surface area (Å²) in [6.07, 6.45) is 0.135. The summed E-state index contributed by atoms with van der Waals surface area (Å²) in [4.78, 5) is 3.70. The molecule has 0 aliphatic carbocycles. The van der Waals surface area contributed by atoms with Crippen LogP contribution < -0.4 is 5.73 Å². The Labute approximate surface area is 88.2 Å². The Bertz CT molecular complexity index is 314. The van der Waals surface area contributed by atoms with Gasteiger partial charge in [-0.25, -0.2) is 0 Å². The maximum absolute atomic E-state index is 5.56. The van der Waals surface area contributed by atoms with E-state index >= 15 is 0 Å².